The second-order valence-corrected chi connectivity index (χ2v) is 5.42. The average molecular weight is 297 g/mol. The van der Waals surface area contributed by atoms with Crippen molar-refractivity contribution in [2.24, 2.45) is 5.84 Å². The van der Waals surface area contributed by atoms with Gasteiger partial charge in [0.1, 0.15) is 5.82 Å². The van der Waals surface area contributed by atoms with Crippen molar-refractivity contribution in [1.29, 1.82) is 0 Å². The largest absolute Gasteiger partial charge is 0.271 e. The number of rotatable bonds is 4. The zero-order valence-electron chi connectivity index (χ0n) is 11.7. The Bertz CT molecular complexity index is 609. The Labute approximate surface area is 122 Å². The number of nitrogens with zero attached hydrogens (tertiary/aromatic N) is 2. The highest BCUT2D eigenvalue weighted by Crippen LogP contribution is 2.31. The lowest BCUT2D eigenvalue weighted by molar-refractivity contribution is 0.475. The molecule has 0 saturated carbocycles. The summed E-state index contributed by atoms with van der Waals surface area (Å²) in [5, 5.41) is 4.76. The van der Waals surface area contributed by atoms with Crippen molar-refractivity contribution < 1.29 is 4.39 Å². The number of aryl methyl sites for hydroxylation is 1. The van der Waals surface area contributed by atoms with Gasteiger partial charge in [-0.05, 0) is 44.0 Å². The molecule has 0 bridgehead atoms. The number of hydrazine groups is 1. The van der Waals surface area contributed by atoms with E-state index >= 15 is 0 Å². The standard InChI is InChI=1S/C14H18ClFN4/c1-8(2)20-14(12(15)7-18-20)13(19-17)11-6-10(16)5-4-9(11)3/h4-8,13,19H,17H2,1-3H3. The first-order valence-corrected chi connectivity index (χ1v) is 6.78. The summed E-state index contributed by atoms with van der Waals surface area (Å²) in [7, 11) is 0. The summed E-state index contributed by atoms with van der Waals surface area (Å²) in [6.45, 7) is 5.90. The third kappa shape index (κ3) is 2.70. The van der Waals surface area contributed by atoms with Gasteiger partial charge in [-0.2, -0.15) is 5.10 Å². The van der Waals surface area contributed by atoms with Gasteiger partial charge in [0.25, 0.3) is 0 Å². The first-order valence-electron chi connectivity index (χ1n) is 6.40. The Kier molecular flexibility index (Phi) is 4.42. The van der Waals surface area contributed by atoms with Crippen LogP contribution >= 0.6 is 11.6 Å². The van der Waals surface area contributed by atoms with Gasteiger partial charge < -0.3 is 0 Å². The van der Waals surface area contributed by atoms with E-state index in [0.29, 0.717) is 5.02 Å². The highest BCUT2D eigenvalue weighted by Gasteiger charge is 2.24. The van der Waals surface area contributed by atoms with E-state index < -0.39 is 6.04 Å². The van der Waals surface area contributed by atoms with Crippen LogP contribution in [0.1, 0.15) is 42.8 Å². The predicted molar refractivity (Wildman–Crippen MR) is 77.9 cm³/mol. The topological polar surface area (TPSA) is 55.9 Å². The Morgan fingerprint density at radius 1 is 1.40 bits per heavy atom. The molecule has 0 aliphatic heterocycles. The molecule has 0 aliphatic rings. The molecule has 20 heavy (non-hydrogen) atoms. The van der Waals surface area contributed by atoms with Gasteiger partial charge in [0.05, 0.1) is 23.0 Å². The maximum atomic E-state index is 13.5. The maximum Gasteiger partial charge on any atom is 0.123 e. The smallest absolute Gasteiger partial charge is 0.123 e. The van der Waals surface area contributed by atoms with Crippen LogP contribution in [0, 0.1) is 12.7 Å². The zero-order chi connectivity index (χ0) is 14.9. The van der Waals surface area contributed by atoms with Crippen molar-refractivity contribution in [3.8, 4) is 0 Å². The first kappa shape index (κ1) is 15.0. The summed E-state index contributed by atoms with van der Waals surface area (Å²) in [4.78, 5) is 0. The third-order valence-electron chi connectivity index (χ3n) is 3.27. The van der Waals surface area contributed by atoms with E-state index in [1.807, 2.05) is 20.8 Å². The summed E-state index contributed by atoms with van der Waals surface area (Å²) >= 11 is 6.23. The fraction of sp³-hybridized carbons (Fsp3) is 0.357. The number of aromatic nitrogens is 2. The van der Waals surface area contributed by atoms with Crippen LogP contribution in [-0.2, 0) is 0 Å². The Morgan fingerprint density at radius 2 is 2.10 bits per heavy atom. The Balaban J connectivity index is 2.58. The van der Waals surface area contributed by atoms with Crippen molar-refractivity contribution in [2.45, 2.75) is 32.9 Å². The van der Waals surface area contributed by atoms with Gasteiger partial charge >= 0.3 is 0 Å². The van der Waals surface area contributed by atoms with E-state index in [2.05, 4.69) is 10.5 Å². The molecule has 1 aromatic carbocycles. The summed E-state index contributed by atoms with van der Waals surface area (Å²) in [5.41, 5.74) is 5.13. The molecule has 3 N–H and O–H groups in total. The van der Waals surface area contributed by atoms with E-state index in [-0.39, 0.29) is 11.9 Å². The molecule has 1 heterocycles. The van der Waals surface area contributed by atoms with Crippen LogP contribution in [0.4, 0.5) is 4.39 Å². The number of hydrogen-bond donors (Lipinski definition) is 2. The SMILES string of the molecule is Cc1ccc(F)cc1C(NN)c1c(Cl)cnn1C(C)C. The number of halogens is 2. The van der Waals surface area contributed by atoms with Crippen molar-refractivity contribution in [3.63, 3.8) is 0 Å². The molecule has 0 spiro atoms. The van der Waals surface area contributed by atoms with Crippen molar-refractivity contribution in [2.75, 3.05) is 0 Å². The van der Waals surface area contributed by atoms with E-state index in [1.54, 1.807) is 16.9 Å². The van der Waals surface area contributed by atoms with Crippen LogP contribution in [0.25, 0.3) is 0 Å². The minimum Gasteiger partial charge on any atom is -0.271 e. The molecule has 0 radical (unpaired) electrons. The monoisotopic (exact) mass is 296 g/mol. The molecule has 0 aliphatic carbocycles. The summed E-state index contributed by atoms with van der Waals surface area (Å²) in [6, 6.07) is 4.32. The van der Waals surface area contributed by atoms with Crippen LogP contribution in [0.3, 0.4) is 0 Å². The van der Waals surface area contributed by atoms with Gasteiger partial charge in [-0.1, -0.05) is 17.7 Å². The van der Waals surface area contributed by atoms with Crippen molar-refractivity contribution in [1.82, 2.24) is 15.2 Å². The maximum absolute atomic E-state index is 13.5. The molecule has 0 amide bonds. The quantitative estimate of drug-likeness (QED) is 0.673. The Morgan fingerprint density at radius 3 is 2.70 bits per heavy atom. The van der Waals surface area contributed by atoms with E-state index in [0.717, 1.165) is 16.8 Å². The third-order valence-corrected chi connectivity index (χ3v) is 3.56. The lowest BCUT2D eigenvalue weighted by Gasteiger charge is -2.22. The van der Waals surface area contributed by atoms with Gasteiger partial charge in [-0.25, -0.2) is 9.82 Å². The minimum atomic E-state index is -0.414. The second-order valence-electron chi connectivity index (χ2n) is 5.02. The van der Waals surface area contributed by atoms with Gasteiger partial charge in [0, 0.05) is 6.04 Å². The molecule has 6 heteroatoms. The fourth-order valence-electron chi connectivity index (χ4n) is 2.27. The summed E-state index contributed by atoms with van der Waals surface area (Å²) in [6.07, 6.45) is 1.58. The van der Waals surface area contributed by atoms with Crippen molar-refractivity contribution >= 4 is 11.6 Å². The minimum absolute atomic E-state index is 0.127. The predicted octanol–water partition coefficient (Wildman–Crippen LogP) is 3.12. The Hall–Kier alpha value is -1.43. The van der Waals surface area contributed by atoms with E-state index in [9.17, 15) is 4.39 Å². The van der Waals surface area contributed by atoms with Gasteiger partial charge in [-0.15, -0.1) is 0 Å². The number of benzene rings is 1. The normalized spacial score (nSPS) is 12.9. The molecular formula is C14H18ClFN4. The number of nitrogens with one attached hydrogen (secondary N) is 1. The average Bonchev–Trinajstić information content (AvgIpc) is 2.77. The first-order chi connectivity index (χ1) is 9.45. The summed E-state index contributed by atoms with van der Waals surface area (Å²) in [5.74, 6) is 5.37. The molecule has 1 aromatic heterocycles. The molecule has 4 nitrogen and oxygen atoms in total. The number of nitrogens with two attached hydrogens (primary N) is 1. The van der Waals surface area contributed by atoms with Crippen LogP contribution in [0.5, 0.6) is 0 Å². The molecule has 2 aromatic rings. The van der Waals surface area contributed by atoms with Gasteiger partial charge in [0.15, 0.2) is 0 Å². The molecular weight excluding hydrogens is 279 g/mol. The van der Waals surface area contributed by atoms with E-state index in [1.165, 1.54) is 12.1 Å². The lowest BCUT2D eigenvalue weighted by Crippen LogP contribution is -2.32. The van der Waals surface area contributed by atoms with Crippen LogP contribution in [0.15, 0.2) is 24.4 Å². The molecule has 1 unspecified atom stereocenters. The summed E-state index contributed by atoms with van der Waals surface area (Å²) < 4.78 is 15.3. The van der Waals surface area contributed by atoms with Gasteiger partial charge in [-0.3, -0.25) is 10.5 Å². The molecule has 1 atom stereocenters. The molecule has 108 valence electrons. The molecule has 0 saturated heterocycles. The zero-order valence-corrected chi connectivity index (χ0v) is 12.4. The molecule has 2 rings (SSSR count). The fourth-order valence-corrected chi connectivity index (χ4v) is 2.51. The second kappa shape index (κ2) is 5.91. The van der Waals surface area contributed by atoms with Crippen LogP contribution in [0.2, 0.25) is 5.02 Å². The van der Waals surface area contributed by atoms with E-state index in [4.69, 9.17) is 17.4 Å². The van der Waals surface area contributed by atoms with Crippen molar-refractivity contribution in [3.05, 3.63) is 52.1 Å². The highest BCUT2D eigenvalue weighted by molar-refractivity contribution is 6.31. The molecule has 0 fully saturated rings. The lowest BCUT2D eigenvalue weighted by atomic mass is 9.98. The number of hydrogen-bond acceptors (Lipinski definition) is 3. The van der Waals surface area contributed by atoms with Crippen LogP contribution < -0.4 is 11.3 Å². The van der Waals surface area contributed by atoms with Crippen LogP contribution in [-0.4, -0.2) is 9.78 Å². The highest BCUT2D eigenvalue weighted by atomic mass is 35.5. The van der Waals surface area contributed by atoms with Gasteiger partial charge in [0.2, 0.25) is 0 Å².